The third kappa shape index (κ3) is 5.04. The van der Waals surface area contributed by atoms with Crippen molar-refractivity contribution in [1.29, 1.82) is 0 Å². The first kappa shape index (κ1) is 19.3. The molecule has 0 aliphatic heterocycles. The molecule has 0 spiro atoms. The second-order valence-corrected chi connectivity index (χ2v) is 6.09. The van der Waals surface area contributed by atoms with Gasteiger partial charge in [0.1, 0.15) is 17.2 Å². The first-order valence-electron chi connectivity index (χ1n) is 9.13. The van der Waals surface area contributed by atoms with Gasteiger partial charge in [0.2, 0.25) is 0 Å². The van der Waals surface area contributed by atoms with E-state index in [-0.39, 0.29) is 5.91 Å². The molecule has 0 unspecified atom stereocenters. The van der Waals surface area contributed by atoms with Crippen LogP contribution in [0.5, 0.6) is 23.0 Å². The maximum absolute atomic E-state index is 12.8. The predicted molar refractivity (Wildman–Crippen MR) is 109 cm³/mol. The lowest BCUT2D eigenvalue weighted by Gasteiger charge is -2.19. The van der Waals surface area contributed by atoms with E-state index in [0.29, 0.717) is 35.1 Å². The van der Waals surface area contributed by atoms with Crippen LogP contribution < -0.4 is 19.5 Å². The lowest BCUT2D eigenvalue weighted by molar-refractivity contribution is -0.122. The highest BCUT2D eigenvalue weighted by molar-refractivity contribution is 5.95. The molecule has 1 atom stereocenters. The van der Waals surface area contributed by atoms with E-state index in [2.05, 4.69) is 5.32 Å². The van der Waals surface area contributed by atoms with Gasteiger partial charge in [-0.2, -0.15) is 0 Å². The van der Waals surface area contributed by atoms with E-state index in [4.69, 9.17) is 14.2 Å². The largest absolute Gasteiger partial charge is 0.497 e. The number of benzene rings is 3. The Hall–Kier alpha value is -3.47. The molecule has 1 N–H and O–H groups in total. The number of hydrogen-bond donors (Lipinski definition) is 1. The van der Waals surface area contributed by atoms with E-state index in [9.17, 15) is 4.79 Å². The highest BCUT2D eigenvalue weighted by Crippen LogP contribution is 2.29. The average Bonchev–Trinajstić information content (AvgIpc) is 2.74. The molecule has 5 nitrogen and oxygen atoms in total. The van der Waals surface area contributed by atoms with Crippen LogP contribution in [0.2, 0.25) is 0 Å². The monoisotopic (exact) mass is 377 g/mol. The second kappa shape index (κ2) is 9.46. The van der Waals surface area contributed by atoms with Gasteiger partial charge in [0.25, 0.3) is 5.91 Å². The molecule has 0 fully saturated rings. The fourth-order valence-electron chi connectivity index (χ4n) is 2.65. The number of rotatable bonds is 8. The lowest BCUT2D eigenvalue weighted by Crippen LogP contribution is -2.32. The summed E-state index contributed by atoms with van der Waals surface area (Å²) in [7, 11) is 1.59. The average molecular weight is 377 g/mol. The van der Waals surface area contributed by atoms with Crippen molar-refractivity contribution in [2.45, 2.75) is 19.4 Å². The van der Waals surface area contributed by atoms with Crippen molar-refractivity contribution >= 4 is 11.6 Å². The van der Waals surface area contributed by atoms with Crippen molar-refractivity contribution < 1.29 is 19.0 Å². The molecule has 1 amide bonds. The minimum absolute atomic E-state index is 0.241. The SMILES string of the molecule is CC[C@H](Oc1cccc(OC)c1)C(=O)Nc1ccccc1Oc1ccccc1. The van der Waals surface area contributed by atoms with Gasteiger partial charge in [-0.25, -0.2) is 0 Å². The van der Waals surface area contributed by atoms with Crippen LogP contribution in [0.1, 0.15) is 13.3 Å². The van der Waals surface area contributed by atoms with Crippen LogP contribution in [-0.2, 0) is 4.79 Å². The zero-order valence-electron chi connectivity index (χ0n) is 15.9. The first-order chi connectivity index (χ1) is 13.7. The maximum Gasteiger partial charge on any atom is 0.265 e. The van der Waals surface area contributed by atoms with Gasteiger partial charge in [-0.05, 0) is 42.8 Å². The zero-order chi connectivity index (χ0) is 19.8. The number of ether oxygens (including phenoxy) is 3. The molecule has 3 aromatic carbocycles. The summed E-state index contributed by atoms with van der Waals surface area (Å²) >= 11 is 0. The third-order valence-electron chi connectivity index (χ3n) is 4.10. The van der Waals surface area contributed by atoms with E-state index in [0.717, 1.165) is 0 Å². The molecule has 28 heavy (non-hydrogen) atoms. The molecule has 0 saturated heterocycles. The summed E-state index contributed by atoms with van der Waals surface area (Å²) in [5, 5.41) is 2.91. The van der Waals surface area contributed by atoms with Gasteiger partial charge in [-0.3, -0.25) is 4.79 Å². The Bertz CT molecular complexity index is 911. The van der Waals surface area contributed by atoms with Gasteiger partial charge in [-0.15, -0.1) is 0 Å². The number of carbonyl (C=O) groups excluding carboxylic acids is 1. The quantitative estimate of drug-likeness (QED) is 0.580. The van der Waals surface area contributed by atoms with Crippen molar-refractivity contribution in [3.8, 4) is 23.0 Å². The number of hydrogen-bond acceptors (Lipinski definition) is 4. The predicted octanol–water partition coefficient (Wildman–Crippen LogP) is 5.28. The van der Waals surface area contributed by atoms with Crippen LogP contribution in [0.15, 0.2) is 78.9 Å². The van der Waals surface area contributed by atoms with Crippen LogP contribution in [0.25, 0.3) is 0 Å². The fourth-order valence-corrected chi connectivity index (χ4v) is 2.65. The molecule has 0 heterocycles. The number of methoxy groups -OCH3 is 1. The molecular formula is C23H23NO4. The van der Waals surface area contributed by atoms with Crippen LogP contribution >= 0.6 is 0 Å². The molecule has 3 rings (SSSR count). The topological polar surface area (TPSA) is 56.8 Å². The molecule has 3 aromatic rings. The van der Waals surface area contributed by atoms with E-state index >= 15 is 0 Å². The summed E-state index contributed by atoms with van der Waals surface area (Å²) in [6, 6.07) is 23.9. The van der Waals surface area contributed by atoms with Gasteiger partial charge < -0.3 is 19.5 Å². The van der Waals surface area contributed by atoms with Crippen LogP contribution in [0.4, 0.5) is 5.69 Å². The van der Waals surface area contributed by atoms with E-state index in [1.807, 2.05) is 67.6 Å². The minimum atomic E-state index is -0.642. The summed E-state index contributed by atoms with van der Waals surface area (Å²) in [6.07, 6.45) is -0.123. The second-order valence-electron chi connectivity index (χ2n) is 6.09. The smallest absolute Gasteiger partial charge is 0.265 e. The Balaban J connectivity index is 1.72. The van der Waals surface area contributed by atoms with Crippen molar-refractivity contribution in [3.63, 3.8) is 0 Å². The van der Waals surface area contributed by atoms with Crippen molar-refractivity contribution in [1.82, 2.24) is 0 Å². The molecule has 0 saturated carbocycles. The molecule has 5 heteroatoms. The lowest BCUT2D eigenvalue weighted by atomic mass is 10.2. The van der Waals surface area contributed by atoms with Gasteiger partial charge in [0.05, 0.1) is 12.8 Å². The highest BCUT2D eigenvalue weighted by Gasteiger charge is 2.20. The Kier molecular flexibility index (Phi) is 6.52. The standard InChI is InChI=1S/C23H23NO4/c1-3-21(28-19-13-9-12-18(16-19)26-2)23(25)24-20-14-7-8-15-22(20)27-17-10-5-4-6-11-17/h4-16,21H,3H2,1-2H3,(H,24,25)/t21-/m0/s1. The summed E-state index contributed by atoms with van der Waals surface area (Å²) < 4.78 is 17.0. The third-order valence-corrected chi connectivity index (χ3v) is 4.10. The Morgan fingerprint density at radius 1 is 0.893 bits per heavy atom. The highest BCUT2D eigenvalue weighted by atomic mass is 16.5. The van der Waals surface area contributed by atoms with Crippen molar-refractivity contribution in [2.24, 2.45) is 0 Å². The molecule has 0 bridgehead atoms. The summed E-state index contributed by atoms with van der Waals surface area (Å²) in [4.78, 5) is 12.8. The molecule has 0 radical (unpaired) electrons. The fraction of sp³-hybridized carbons (Fsp3) is 0.174. The number of amides is 1. The Labute approximate surface area is 164 Å². The molecular weight excluding hydrogens is 354 g/mol. The summed E-state index contributed by atoms with van der Waals surface area (Å²) in [6.45, 7) is 1.90. The molecule has 144 valence electrons. The summed E-state index contributed by atoms with van der Waals surface area (Å²) in [5.74, 6) is 2.28. The number of para-hydroxylation sites is 3. The zero-order valence-corrected chi connectivity index (χ0v) is 15.9. The number of anilines is 1. The summed E-state index contributed by atoms with van der Waals surface area (Å²) in [5.41, 5.74) is 0.587. The maximum atomic E-state index is 12.8. The minimum Gasteiger partial charge on any atom is -0.497 e. The Morgan fingerprint density at radius 3 is 2.32 bits per heavy atom. The van der Waals surface area contributed by atoms with Crippen LogP contribution in [0, 0.1) is 0 Å². The number of nitrogens with one attached hydrogen (secondary N) is 1. The Morgan fingerprint density at radius 2 is 1.57 bits per heavy atom. The van der Waals surface area contributed by atoms with Crippen LogP contribution in [-0.4, -0.2) is 19.1 Å². The molecule has 0 aromatic heterocycles. The van der Waals surface area contributed by atoms with Crippen molar-refractivity contribution in [3.05, 3.63) is 78.9 Å². The number of carbonyl (C=O) groups is 1. The first-order valence-corrected chi connectivity index (χ1v) is 9.13. The van der Waals surface area contributed by atoms with Gasteiger partial charge in [-0.1, -0.05) is 43.3 Å². The molecule has 0 aliphatic carbocycles. The van der Waals surface area contributed by atoms with E-state index < -0.39 is 6.10 Å². The van der Waals surface area contributed by atoms with Gasteiger partial charge in [0, 0.05) is 6.07 Å². The van der Waals surface area contributed by atoms with Crippen molar-refractivity contribution in [2.75, 3.05) is 12.4 Å². The van der Waals surface area contributed by atoms with Gasteiger partial charge in [0.15, 0.2) is 11.9 Å². The normalized spacial score (nSPS) is 11.4. The van der Waals surface area contributed by atoms with E-state index in [1.165, 1.54) is 0 Å². The molecule has 0 aliphatic rings. The van der Waals surface area contributed by atoms with Gasteiger partial charge >= 0.3 is 0 Å². The van der Waals surface area contributed by atoms with Crippen LogP contribution in [0.3, 0.4) is 0 Å². The van der Waals surface area contributed by atoms with E-state index in [1.54, 1.807) is 25.3 Å².